The number of hydrogen-bond acceptors (Lipinski definition) is 3. The van der Waals surface area contributed by atoms with Crippen molar-refractivity contribution in [2.75, 3.05) is 40.4 Å². The van der Waals surface area contributed by atoms with Gasteiger partial charge in [0, 0.05) is 32.8 Å². The van der Waals surface area contributed by atoms with Crippen molar-refractivity contribution in [2.45, 2.75) is 33.7 Å². The summed E-state index contributed by atoms with van der Waals surface area (Å²) >= 11 is 0. The lowest BCUT2D eigenvalue weighted by Crippen LogP contribution is -2.50. The molecule has 1 fully saturated rings. The van der Waals surface area contributed by atoms with E-state index in [4.69, 9.17) is 4.74 Å². The molecule has 0 aromatic heterocycles. The lowest BCUT2D eigenvalue weighted by atomic mass is 10.2. The maximum atomic E-state index is 5.04. The first-order valence-electron chi connectivity index (χ1n) is 5.74. The highest BCUT2D eigenvalue weighted by molar-refractivity contribution is 4.75. The molecule has 0 radical (unpaired) electrons. The topological polar surface area (TPSA) is 24.5 Å². The number of rotatable bonds is 2. The zero-order valence-corrected chi connectivity index (χ0v) is 10.8. The molecule has 0 aromatic rings. The largest absolute Gasteiger partial charge is 0.383 e. The van der Waals surface area contributed by atoms with Crippen LogP contribution in [0.5, 0.6) is 0 Å². The molecule has 1 saturated heterocycles. The van der Waals surface area contributed by atoms with Gasteiger partial charge < -0.3 is 15.0 Å². The van der Waals surface area contributed by atoms with Crippen LogP contribution in [0.2, 0.25) is 0 Å². The van der Waals surface area contributed by atoms with Gasteiger partial charge in [-0.3, -0.25) is 0 Å². The molecule has 1 rings (SSSR count). The van der Waals surface area contributed by atoms with Gasteiger partial charge in [-0.15, -0.1) is 0 Å². The third-order valence-electron chi connectivity index (χ3n) is 1.83. The summed E-state index contributed by atoms with van der Waals surface area (Å²) < 4.78 is 5.04. The molecule has 1 atom stereocenters. The summed E-state index contributed by atoms with van der Waals surface area (Å²) in [6.07, 6.45) is 0. The van der Waals surface area contributed by atoms with E-state index in [0.717, 1.165) is 26.2 Å². The van der Waals surface area contributed by atoms with E-state index in [9.17, 15) is 0 Å². The second-order valence-corrected chi connectivity index (χ2v) is 2.87. The summed E-state index contributed by atoms with van der Waals surface area (Å²) in [4.78, 5) is 2.32. The van der Waals surface area contributed by atoms with Gasteiger partial charge in [0.15, 0.2) is 0 Å². The number of likely N-dealkylation sites (N-methyl/N-ethyl adjacent to an activating group) is 1. The quantitative estimate of drug-likeness (QED) is 0.739. The van der Waals surface area contributed by atoms with E-state index in [1.165, 1.54) is 0 Å². The van der Waals surface area contributed by atoms with Gasteiger partial charge in [0.05, 0.1) is 6.61 Å². The van der Waals surface area contributed by atoms with Crippen molar-refractivity contribution in [3.05, 3.63) is 0 Å². The molecule has 0 aromatic carbocycles. The van der Waals surface area contributed by atoms with E-state index < -0.39 is 0 Å². The third kappa shape index (κ3) is 8.48. The molecule has 1 N–H and O–H groups in total. The van der Waals surface area contributed by atoms with Crippen LogP contribution in [-0.2, 0) is 4.74 Å². The molecule has 0 saturated carbocycles. The van der Waals surface area contributed by atoms with E-state index in [1.807, 2.05) is 27.7 Å². The predicted octanol–water partition coefficient (Wildman–Crippen LogP) is 1.59. The van der Waals surface area contributed by atoms with E-state index in [1.54, 1.807) is 7.11 Å². The Morgan fingerprint density at radius 3 is 2.29 bits per heavy atom. The van der Waals surface area contributed by atoms with Crippen molar-refractivity contribution in [3.63, 3.8) is 0 Å². The van der Waals surface area contributed by atoms with Gasteiger partial charge in [0.2, 0.25) is 0 Å². The van der Waals surface area contributed by atoms with Gasteiger partial charge in [0.25, 0.3) is 0 Å². The monoisotopic (exact) mass is 204 g/mol. The molecule has 1 heterocycles. The van der Waals surface area contributed by atoms with Gasteiger partial charge in [0.1, 0.15) is 0 Å². The smallest absolute Gasteiger partial charge is 0.0628 e. The van der Waals surface area contributed by atoms with Crippen LogP contribution in [0.25, 0.3) is 0 Å². The molecule has 0 bridgehead atoms. The maximum Gasteiger partial charge on any atom is 0.0628 e. The number of ether oxygens (including phenoxy) is 1. The molecular weight excluding hydrogens is 176 g/mol. The van der Waals surface area contributed by atoms with Crippen molar-refractivity contribution < 1.29 is 4.74 Å². The summed E-state index contributed by atoms with van der Waals surface area (Å²) in [6, 6.07) is 0.531. The van der Waals surface area contributed by atoms with E-state index in [2.05, 4.69) is 17.3 Å². The summed E-state index contributed by atoms with van der Waals surface area (Å²) in [5.41, 5.74) is 0. The molecule has 1 aliphatic heterocycles. The van der Waals surface area contributed by atoms with Crippen LogP contribution in [0, 0.1) is 0 Å². The van der Waals surface area contributed by atoms with Gasteiger partial charge in [-0.05, 0) is 7.05 Å². The van der Waals surface area contributed by atoms with E-state index >= 15 is 0 Å². The van der Waals surface area contributed by atoms with Crippen molar-refractivity contribution >= 4 is 0 Å². The van der Waals surface area contributed by atoms with Crippen LogP contribution in [0.15, 0.2) is 0 Å². The average molecular weight is 204 g/mol. The fraction of sp³-hybridized carbons (Fsp3) is 1.00. The summed E-state index contributed by atoms with van der Waals surface area (Å²) in [7, 11) is 3.89. The van der Waals surface area contributed by atoms with Crippen LogP contribution >= 0.6 is 0 Å². The zero-order valence-electron chi connectivity index (χ0n) is 10.8. The molecule has 88 valence electrons. The summed E-state index contributed by atoms with van der Waals surface area (Å²) in [5.74, 6) is 0. The molecule has 3 nitrogen and oxygen atoms in total. The van der Waals surface area contributed by atoms with E-state index in [0.29, 0.717) is 6.04 Å². The molecule has 3 heteroatoms. The Labute approximate surface area is 89.8 Å². The Morgan fingerprint density at radius 2 is 1.86 bits per heavy atom. The minimum Gasteiger partial charge on any atom is -0.383 e. The first-order valence-corrected chi connectivity index (χ1v) is 5.74. The highest BCUT2D eigenvalue weighted by Gasteiger charge is 2.14. The second-order valence-electron chi connectivity index (χ2n) is 2.87. The Balaban J connectivity index is 0. The highest BCUT2D eigenvalue weighted by atomic mass is 16.5. The Bertz CT molecular complexity index is 97.3. The average Bonchev–Trinajstić information content (AvgIpc) is 2.24. The van der Waals surface area contributed by atoms with Crippen molar-refractivity contribution in [3.8, 4) is 0 Å². The molecule has 14 heavy (non-hydrogen) atoms. The third-order valence-corrected chi connectivity index (χ3v) is 1.83. The lowest BCUT2D eigenvalue weighted by molar-refractivity contribution is 0.127. The van der Waals surface area contributed by atoms with Crippen molar-refractivity contribution in [1.82, 2.24) is 10.2 Å². The Morgan fingerprint density at radius 1 is 1.29 bits per heavy atom. The Kier molecular flexibility index (Phi) is 15.0. The maximum absolute atomic E-state index is 5.04. The number of methoxy groups -OCH3 is 1. The number of piperazine rings is 1. The van der Waals surface area contributed by atoms with Gasteiger partial charge in [-0.25, -0.2) is 0 Å². The molecule has 1 unspecified atom stereocenters. The van der Waals surface area contributed by atoms with Crippen LogP contribution in [0.1, 0.15) is 27.7 Å². The predicted molar refractivity (Wildman–Crippen MR) is 63.9 cm³/mol. The van der Waals surface area contributed by atoms with Gasteiger partial charge in [-0.2, -0.15) is 0 Å². The molecule has 1 aliphatic rings. The van der Waals surface area contributed by atoms with Gasteiger partial charge in [-0.1, -0.05) is 27.7 Å². The summed E-state index contributed by atoms with van der Waals surface area (Å²) in [5, 5.41) is 3.38. The molecule has 0 spiro atoms. The number of nitrogens with zero attached hydrogens (tertiary/aromatic N) is 1. The number of hydrogen-bond donors (Lipinski definition) is 1. The van der Waals surface area contributed by atoms with Crippen LogP contribution in [-0.4, -0.2) is 51.3 Å². The molecule has 0 aliphatic carbocycles. The minimum absolute atomic E-state index is 0.531. The highest BCUT2D eigenvalue weighted by Crippen LogP contribution is 1.95. The second kappa shape index (κ2) is 12.9. The van der Waals surface area contributed by atoms with Crippen molar-refractivity contribution in [2.24, 2.45) is 0 Å². The van der Waals surface area contributed by atoms with Crippen LogP contribution < -0.4 is 5.32 Å². The standard InChI is InChI=1S/C7H16N2O.2C2H6/c1-9-4-3-8-7(5-9)6-10-2;2*1-2/h7-8H,3-6H2,1-2H3;2*1-2H3. The molecular formula is C11H28N2O. The lowest BCUT2D eigenvalue weighted by Gasteiger charge is -2.30. The first-order chi connectivity index (χ1) is 6.83. The van der Waals surface area contributed by atoms with Gasteiger partial charge >= 0.3 is 0 Å². The van der Waals surface area contributed by atoms with Crippen LogP contribution in [0.4, 0.5) is 0 Å². The normalized spacial score (nSPS) is 21.4. The van der Waals surface area contributed by atoms with Crippen molar-refractivity contribution in [1.29, 1.82) is 0 Å². The zero-order chi connectivity index (χ0) is 11.4. The van der Waals surface area contributed by atoms with Crippen LogP contribution in [0.3, 0.4) is 0 Å². The Hall–Kier alpha value is -0.120. The minimum atomic E-state index is 0.531. The fourth-order valence-corrected chi connectivity index (χ4v) is 1.30. The summed E-state index contributed by atoms with van der Waals surface area (Å²) in [6.45, 7) is 12.2. The van der Waals surface area contributed by atoms with E-state index in [-0.39, 0.29) is 0 Å². The first kappa shape index (κ1) is 16.3. The SMILES string of the molecule is CC.CC.COCC1CN(C)CCN1. The molecule has 0 amide bonds. The number of nitrogens with one attached hydrogen (secondary N) is 1. The fourth-order valence-electron chi connectivity index (χ4n) is 1.30.